The predicted molar refractivity (Wildman–Crippen MR) is 65.3 cm³/mol. The van der Waals surface area contributed by atoms with E-state index in [9.17, 15) is 0 Å². The first kappa shape index (κ1) is 11.0. The van der Waals surface area contributed by atoms with Gasteiger partial charge in [-0.25, -0.2) is 4.98 Å². The molecule has 0 aliphatic carbocycles. The van der Waals surface area contributed by atoms with Crippen LogP contribution in [-0.2, 0) is 11.8 Å². The van der Waals surface area contributed by atoms with E-state index in [4.69, 9.17) is 5.73 Å². The Kier molecular flexibility index (Phi) is 3.36. The minimum atomic E-state index is 0.262. The summed E-state index contributed by atoms with van der Waals surface area (Å²) in [5.74, 6) is 3.67. The van der Waals surface area contributed by atoms with Gasteiger partial charge in [-0.1, -0.05) is 6.92 Å². The molecule has 1 aliphatic heterocycles. The van der Waals surface area contributed by atoms with Crippen LogP contribution < -0.4 is 5.73 Å². The van der Waals surface area contributed by atoms with E-state index in [2.05, 4.69) is 16.9 Å². The molecular weight excluding hydrogens is 206 g/mol. The molecule has 0 unspecified atom stereocenters. The van der Waals surface area contributed by atoms with Gasteiger partial charge in [-0.3, -0.25) is 0 Å². The highest BCUT2D eigenvalue weighted by Crippen LogP contribution is 2.36. The van der Waals surface area contributed by atoms with E-state index in [0.29, 0.717) is 6.54 Å². The molecule has 3 N–H and O–H groups in total. The van der Waals surface area contributed by atoms with Gasteiger partial charge in [-0.15, -0.1) is 0 Å². The molecule has 1 aliphatic rings. The van der Waals surface area contributed by atoms with Gasteiger partial charge in [0.05, 0.1) is 0 Å². The monoisotopic (exact) mass is 225 g/mol. The number of nitrogens with zero attached hydrogens (tertiary/aromatic N) is 1. The standard InChI is InChI=1S/C11H19N3S/c1-11(3-6-15-7-4-11)10-13-8-9(14-10)2-5-12/h8H,2-7,12H2,1H3,(H,13,14). The summed E-state index contributed by atoms with van der Waals surface area (Å²) in [4.78, 5) is 7.93. The quantitative estimate of drug-likeness (QED) is 0.823. The number of H-pyrrole nitrogens is 1. The Hall–Kier alpha value is -0.480. The van der Waals surface area contributed by atoms with E-state index in [-0.39, 0.29) is 5.41 Å². The summed E-state index contributed by atoms with van der Waals surface area (Å²) in [6.45, 7) is 3.01. The summed E-state index contributed by atoms with van der Waals surface area (Å²) >= 11 is 2.05. The van der Waals surface area contributed by atoms with Crippen LogP contribution in [0.5, 0.6) is 0 Å². The molecule has 1 aromatic rings. The summed E-state index contributed by atoms with van der Waals surface area (Å²) in [5, 5.41) is 0. The number of nitrogens with two attached hydrogens (primary N) is 1. The normalized spacial score (nSPS) is 20.4. The fourth-order valence-electron chi connectivity index (χ4n) is 2.01. The van der Waals surface area contributed by atoms with Crippen LogP contribution in [0.1, 0.15) is 31.3 Å². The molecule has 1 aromatic heterocycles. The van der Waals surface area contributed by atoms with E-state index >= 15 is 0 Å². The van der Waals surface area contributed by atoms with Crippen molar-refractivity contribution in [3.63, 3.8) is 0 Å². The molecule has 2 heterocycles. The average molecular weight is 225 g/mol. The van der Waals surface area contributed by atoms with Gasteiger partial charge in [0.2, 0.25) is 0 Å². The van der Waals surface area contributed by atoms with Crippen LogP contribution in [0.4, 0.5) is 0 Å². The zero-order valence-corrected chi connectivity index (χ0v) is 10.1. The summed E-state index contributed by atoms with van der Waals surface area (Å²) in [6.07, 6.45) is 5.30. The molecule has 0 saturated carbocycles. The number of thioether (sulfide) groups is 1. The molecule has 1 saturated heterocycles. The first-order valence-corrected chi connectivity index (χ1v) is 6.72. The van der Waals surface area contributed by atoms with Crippen LogP contribution in [0, 0.1) is 0 Å². The van der Waals surface area contributed by atoms with Crippen molar-refractivity contribution in [2.75, 3.05) is 18.1 Å². The molecule has 4 heteroatoms. The third-order valence-electron chi connectivity index (χ3n) is 3.21. The van der Waals surface area contributed by atoms with Gasteiger partial charge in [0.15, 0.2) is 0 Å². The SMILES string of the molecule is CC1(c2ncc(CCN)[nH]2)CCSCC1. The van der Waals surface area contributed by atoms with Gasteiger partial charge in [0.25, 0.3) is 0 Å². The van der Waals surface area contributed by atoms with Crippen LogP contribution in [0.3, 0.4) is 0 Å². The smallest absolute Gasteiger partial charge is 0.112 e. The van der Waals surface area contributed by atoms with Crippen molar-refractivity contribution in [1.82, 2.24) is 9.97 Å². The second-order valence-electron chi connectivity index (χ2n) is 4.47. The fourth-order valence-corrected chi connectivity index (χ4v) is 3.40. The number of rotatable bonds is 3. The fraction of sp³-hybridized carbons (Fsp3) is 0.727. The number of hydrogen-bond donors (Lipinski definition) is 2. The molecule has 0 aromatic carbocycles. The molecular formula is C11H19N3S. The highest BCUT2D eigenvalue weighted by molar-refractivity contribution is 7.99. The van der Waals surface area contributed by atoms with Crippen molar-refractivity contribution >= 4 is 11.8 Å². The van der Waals surface area contributed by atoms with Gasteiger partial charge in [0.1, 0.15) is 5.82 Å². The predicted octanol–water partition coefficient (Wildman–Crippen LogP) is 1.70. The van der Waals surface area contributed by atoms with Crippen LogP contribution in [0.2, 0.25) is 0 Å². The lowest BCUT2D eigenvalue weighted by molar-refractivity contribution is 0.413. The maximum absolute atomic E-state index is 5.53. The van der Waals surface area contributed by atoms with Crippen molar-refractivity contribution in [3.8, 4) is 0 Å². The zero-order valence-electron chi connectivity index (χ0n) is 9.25. The van der Waals surface area contributed by atoms with E-state index in [0.717, 1.165) is 12.2 Å². The van der Waals surface area contributed by atoms with Gasteiger partial charge in [-0.05, 0) is 30.9 Å². The topological polar surface area (TPSA) is 54.7 Å². The Morgan fingerprint density at radius 2 is 2.27 bits per heavy atom. The molecule has 2 rings (SSSR count). The minimum absolute atomic E-state index is 0.262. The van der Waals surface area contributed by atoms with E-state index < -0.39 is 0 Å². The number of imidazole rings is 1. The average Bonchev–Trinajstić information content (AvgIpc) is 2.69. The van der Waals surface area contributed by atoms with Gasteiger partial charge >= 0.3 is 0 Å². The number of aromatic amines is 1. The molecule has 84 valence electrons. The summed E-state index contributed by atoms with van der Waals surface area (Å²) in [6, 6.07) is 0. The lowest BCUT2D eigenvalue weighted by Crippen LogP contribution is -2.28. The lowest BCUT2D eigenvalue weighted by atomic mass is 9.83. The molecule has 0 amide bonds. The van der Waals surface area contributed by atoms with Gasteiger partial charge in [0, 0.05) is 23.7 Å². The molecule has 0 radical (unpaired) electrons. The highest BCUT2D eigenvalue weighted by atomic mass is 32.2. The van der Waals surface area contributed by atoms with Crippen molar-refractivity contribution in [3.05, 3.63) is 17.7 Å². The number of aromatic nitrogens is 2. The molecule has 0 atom stereocenters. The summed E-state index contributed by atoms with van der Waals surface area (Å²) in [7, 11) is 0. The van der Waals surface area contributed by atoms with Crippen molar-refractivity contribution in [2.45, 2.75) is 31.6 Å². The van der Waals surface area contributed by atoms with Gasteiger partial charge < -0.3 is 10.7 Å². The Morgan fingerprint density at radius 1 is 1.53 bits per heavy atom. The van der Waals surface area contributed by atoms with Crippen molar-refractivity contribution < 1.29 is 0 Å². The summed E-state index contributed by atoms with van der Waals surface area (Å²) in [5.41, 5.74) is 6.97. The Bertz CT molecular complexity index is 315. The van der Waals surface area contributed by atoms with Gasteiger partial charge in [-0.2, -0.15) is 11.8 Å². The maximum Gasteiger partial charge on any atom is 0.112 e. The Labute approximate surface area is 95.2 Å². The molecule has 0 bridgehead atoms. The largest absolute Gasteiger partial charge is 0.345 e. The molecule has 0 spiro atoms. The Balaban J connectivity index is 2.12. The molecule has 15 heavy (non-hydrogen) atoms. The first-order chi connectivity index (χ1) is 7.24. The van der Waals surface area contributed by atoms with Crippen LogP contribution in [0.25, 0.3) is 0 Å². The van der Waals surface area contributed by atoms with E-state index in [1.54, 1.807) is 0 Å². The first-order valence-electron chi connectivity index (χ1n) is 5.57. The zero-order chi connectivity index (χ0) is 10.7. The number of nitrogens with one attached hydrogen (secondary N) is 1. The lowest BCUT2D eigenvalue weighted by Gasteiger charge is -2.31. The van der Waals surface area contributed by atoms with E-state index in [1.807, 2.05) is 18.0 Å². The second-order valence-corrected chi connectivity index (χ2v) is 5.69. The minimum Gasteiger partial charge on any atom is -0.345 e. The maximum atomic E-state index is 5.53. The van der Waals surface area contributed by atoms with Crippen LogP contribution in [-0.4, -0.2) is 28.0 Å². The summed E-state index contributed by atoms with van der Waals surface area (Å²) < 4.78 is 0. The van der Waals surface area contributed by atoms with E-state index in [1.165, 1.54) is 30.0 Å². The molecule has 1 fully saturated rings. The molecule has 3 nitrogen and oxygen atoms in total. The third-order valence-corrected chi connectivity index (χ3v) is 4.20. The van der Waals surface area contributed by atoms with Crippen LogP contribution in [0.15, 0.2) is 6.20 Å². The number of hydrogen-bond acceptors (Lipinski definition) is 3. The highest BCUT2D eigenvalue weighted by Gasteiger charge is 2.31. The second kappa shape index (κ2) is 4.58. The Morgan fingerprint density at radius 3 is 2.93 bits per heavy atom. The van der Waals surface area contributed by atoms with Crippen molar-refractivity contribution in [2.24, 2.45) is 5.73 Å². The third kappa shape index (κ3) is 2.37. The van der Waals surface area contributed by atoms with Crippen molar-refractivity contribution in [1.29, 1.82) is 0 Å². The van der Waals surface area contributed by atoms with Crippen LogP contribution >= 0.6 is 11.8 Å².